The summed E-state index contributed by atoms with van der Waals surface area (Å²) >= 11 is 0. The molecule has 0 spiro atoms. The molecular weight excluding hydrogens is 132 g/mol. The van der Waals surface area contributed by atoms with Gasteiger partial charge in [-0.3, -0.25) is 4.98 Å². The van der Waals surface area contributed by atoms with Crippen LogP contribution >= 0.6 is 0 Å². The highest BCUT2D eigenvalue weighted by Crippen LogP contribution is 1.92. The average Bonchev–Trinajstić information content (AvgIpc) is 2.03. The van der Waals surface area contributed by atoms with E-state index in [0.717, 1.165) is 12.4 Å². The predicted octanol–water partition coefficient (Wildman–Crippen LogP) is 0.483. The molecule has 0 radical (unpaired) electrons. The first-order chi connectivity index (χ1) is 5.91. The molecule has 0 aromatic carbocycles. The van der Waals surface area contributed by atoms with Crippen LogP contribution in [-0.2, 0) is 0 Å². The molecule has 1 rings (SSSR count). The van der Waals surface area contributed by atoms with Crippen molar-refractivity contribution in [3.05, 3.63) is 23.8 Å². The molecule has 0 bridgehead atoms. The number of nitrogens with zero attached hydrogens (tertiary/aromatic N) is 2. The zero-order valence-electron chi connectivity index (χ0n) is 7.90. The van der Waals surface area contributed by atoms with E-state index in [1.54, 1.807) is 0 Å². The normalized spacial score (nSPS) is 15.0. The summed E-state index contributed by atoms with van der Waals surface area (Å²) in [6.07, 6.45) is 1.86. The molecule has 0 fully saturated rings. The molecule has 0 aliphatic rings. The predicted molar refractivity (Wildman–Crippen MR) is 33.7 cm³/mol. The molecule has 1 heterocycles. The summed E-state index contributed by atoms with van der Waals surface area (Å²) in [7, 11) is 0. The van der Waals surface area contributed by atoms with Crippen molar-refractivity contribution in [1.82, 2.24) is 9.97 Å². The van der Waals surface area contributed by atoms with Crippen molar-refractivity contribution in [3.63, 3.8) is 0 Å². The molecule has 0 aliphatic heterocycles. The van der Waals surface area contributed by atoms with Gasteiger partial charge in [0.25, 0.3) is 0 Å². The smallest absolute Gasteiger partial charge is 0.356 e. The molecule has 4 nitrogen and oxygen atoms in total. The SMILES string of the molecule is [2H]C([2H])([2H])c1cnc(C(=O)O)cn1. The van der Waals surface area contributed by atoms with Crippen LogP contribution in [0.1, 0.15) is 20.3 Å². The standard InChI is InChI=1S/C6H6N2O2/c1-4-2-8-5(3-7-4)6(9)10/h2-3H,1H3,(H,9,10)/i1D3. The van der Waals surface area contributed by atoms with Crippen LogP contribution in [0.2, 0.25) is 0 Å². The van der Waals surface area contributed by atoms with Crippen LogP contribution in [0.3, 0.4) is 0 Å². The number of hydrogen-bond donors (Lipinski definition) is 1. The van der Waals surface area contributed by atoms with Gasteiger partial charge in [-0.05, 0) is 6.85 Å². The molecule has 1 aromatic heterocycles. The maximum atomic E-state index is 10.3. The minimum atomic E-state index is -2.34. The van der Waals surface area contributed by atoms with Crippen LogP contribution in [0.25, 0.3) is 0 Å². The maximum Gasteiger partial charge on any atom is 0.356 e. The van der Waals surface area contributed by atoms with Crippen molar-refractivity contribution >= 4 is 5.97 Å². The van der Waals surface area contributed by atoms with Crippen LogP contribution in [-0.4, -0.2) is 21.0 Å². The highest BCUT2D eigenvalue weighted by atomic mass is 16.4. The van der Waals surface area contributed by atoms with Crippen molar-refractivity contribution in [2.24, 2.45) is 0 Å². The second-order valence-corrected chi connectivity index (χ2v) is 1.59. The van der Waals surface area contributed by atoms with Gasteiger partial charge in [-0.15, -0.1) is 0 Å². The summed E-state index contributed by atoms with van der Waals surface area (Å²) in [6.45, 7) is -2.34. The van der Waals surface area contributed by atoms with E-state index in [2.05, 4.69) is 9.97 Å². The van der Waals surface area contributed by atoms with Crippen molar-refractivity contribution in [1.29, 1.82) is 0 Å². The minimum absolute atomic E-state index is 0.211. The molecule has 0 saturated carbocycles. The highest BCUT2D eigenvalue weighted by molar-refractivity contribution is 5.84. The molecule has 0 aliphatic carbocycles. The Hall–Kier alpha value is -1.45. The van der Waals surface area contributed by atoms with Crippen LogP contribution in [0, 0.1) is 6.85 Å². The average molecular weight is 141 g/mol. The van der Waals surface area contributed by atoms with E-state index in [9.17, 15) is 4.79 Å². The number of carboxylic acids is 1. The summed E-state index contributed by atoms with van der Waals surface area (Å²) in [4.78, 5) is 17.2. The van der Waals surface area contributed by atoms with E-state index in [0.29, 0.717) is 0 Å². The quantitative estimate of drug-likeness (QED) is 0.618. The zero-order chi connectivity index (χ0) is 10.1. The minimum Gasteiger partial charge on any atom is -0.476 e. The monoisotopic (exact) mass is 141 g/mol. The summed E-state index contributed by atoms with van der Waals surface area (Å²) in [5.41, 5.74) is -0.481. The van der Waals surface area contributed by atoms with Crippen LogP contribution < -0.4 is 0 Å². The third kappa shape index (κ3) is 1.28. The molecule has 4 heteroatoms. The number of aryl methyl sites for hydroxylation is 1. The third-order valence-corrected chi connectivity index (χ3v) is 0.871. The van der Waals surface area contributed by atoms with Gasteiger partial charge in [0.2, 0.25) is 0 Å². The Morgan fingerprint density at radius 1 is 1.70 bits per heavy atom. The first-order valence-electron chi connectivity index (χ1n) is 3.97. The molecule has 1 N–H and O–H groups in total. The van der Waals surface area contributed by atoms with Crippen molar-refractivity contribution < 1.29 is 14.0 Å². The maximum absolute atomic E-state index is 10.3. The van der Waals surface area contributed by atoms with Gasteiger partial charge in [-0.25, -0.2) is 9.78 Å². The molecule has 10 heavy (non-hydrogen) atoms. The molecule has 0 saturated heterocycles. The summed E-state index contributed by atoms with van der Waals surface area (Å²) in [6, 6.07) is 0. The second-order valence-electron chi connectivity index (χ2n) is 1.59. The Morgan fingerprint density at radius 2 is 2.50 bits per heavy atom. The molecule has 0 amide bonds. The Bertz CT molecular complexity index is 320. The first kappa shape index (κ1) is 3.65. The van der Waals surface area contributed by atoms with Crippen molar-refractivity contribution in [3.8, 4) is 0 Å². The van der Waals surface area contributed by atoms with Gasteiger partial charge in [0.1, 0.15) is 0 Å². The van der Waals surface area contributed by atoms with E-state index in [1.807, 2.05) is 0 Å². The van der Waals surface area contributed by atoms with Crippen LogP contribution in [0.15, 0.2) is 12.4 Å². The number of carboxylic acid groups (broad SMARTS) is 1. The van der Waals surface area contributed by atoms with E-state index >= 15 is 0 Å². The second kappa shape index (κ2) is 2.43. The number of aromatic carboxylic acids is 1. The molecule has 0 atom stereocenters. The fraction of sp³-hybridized carbons (Fsp3) is 0.167. The van der Waals surface area contributed by atoms with Gasteiger partial charge in [0.05, 0.1) is 11.9 Å². The number of rotatable bonds is 1. The summed E-state index contributed by atoms with van der Waals surface area (Å²) in [5.74, 6) is -1.23. The largest absolute Gasteiger partial charge is 0.476 e. The molecule has 0 unspecified atom stereocenters. The number of carbonyl (C=O) groups is 1. The lowest BCUT2D eigenvalue weighted by Crippen LogP contribution is -2.00. The van der Waals surface area contributed by atoms with Gasteiger partial charge in [0.15, 0.2) is 5.69 Å². The third-order valence-electron chi connectivity index (χ3n) is 0.871. The summed E-state index contributed by atoms with van der Waals surface area (Å²) < 4.78 is 20.8. The first-order valence-corrected chi connectivity index (χ1v) is 2.47. The Kier molecular flexibility index (Phi) is 0.887. The van der Waals surface area contributed by atoms with Gasteiger partial charge >= 0.3 is 5.97 Å². The van der Waals surface area contributed by atoms with Gasteiger partial charge in [0, 0.05) is 10.3 Å². The van der Waals surface area contributed by atoms with Gasteiger partial charge < -0.3 is 5.11 Å². The lowest BCUT2D eigenvalue weighted by molar-refractivity contribution is 0.0690. The lowest BCUT2D eigenvalue weighted by atomic mass is 10.4. The zero-order valence-corrected chi connectivity index (χ0v) is 4.90. The highest BCUT2D eigenvalue weighted by Gasteiger charge is 2.01. The molecular formula is C6H6N2O2. The summed E-state index contributed by atoms with van der Waals surface area (Å²) in [5, 5.41) is 8.44. The topological polar surface area (TPSA) is 63.1 Å². The van der Waals surface area contributed by atoms with E-state index in [-0.39, 0.29) is 11.4 Å². The molecule has 52 valence electrons. The van der Waals surface area contributed by atoms with E-state index in [4.69, 9.17) is 9.22 Å². The van der Waals surface area contributed by atoms with E-state index < -0.39 is 12.8 Å². The van der Waals surface area contributed by atoms with Gasteiger partial charge in [-0.1, -0.05) is 0 Å². The van der Waals surface area contributed by atoms with Gasteiger partial charge in [-0.2, -0.15) is 0 Å². The Balaban J connectivity index is 3.01. The number of hydrogen-bond acceptors (Lipinski definition) is 3. The number of aromatic nitrogens is 2. The van der Waals surface area contributed by atoms with Crippen molar-refractivity contribution in [2.45, 2.75) is 6.85 Å². The lowest BCUT2D eigenvalue weighted by Gasteiger charge is -1.91. The Morgan fingerprint density at radius 3 is 2.90 bits per heavy atom. The fourth-order valence-corrected chi connectivity index (χ4v) is 0.438. The van der Waals surface area contributed by atoms with Crippen LogP contribution in [0.5, 0.6) is 0 Å². The Labute approximate surface area is 61.8 Å². The fourth-order valence-electron chi connectivity index (χ4n) is 0.438. The van der Waals surface area contributed by atoms with Crippen LogP contribution in [0.4, 0.5) is 0 Å². The molecule has 1 aromatic rings. The van der Waals surface area contributed by atoms with E-state index in [1.165, 1.54) is 0 Å². The van der Waals surface area contributed by atoms with Crippen molar-refractivity contribution in [2.75, 3.05) is 0 Å².